The highest BCUT2D eigenvalue weighted by molar-refractivity contribution is 9.10. The van der Waals surface area contributed by atoms with Gasteiger partial charge in [0.25, 0.3) is 0 Å². The van der Waals surface area contributed by atoms with Gasteiger partial charge in [-0.2, -0.15) is 0 Å². The zero-order valence-electron chi connectivity index (χ0n) is 9.20. The minimum Gasteiger partial charge on any atom is -0.313 e. The maximum Gasteiger partial charge on any atom is 0.182 e. The summed E-state index contributed by atoms with van der Waals surface area (Å²) < 4.78 is 25.1. The van der Waals surface area contributed by atoms with E-state index in [9.17, 15) is 8.42 Å². The lowest BCUT2D eigenvalue weighted by atomic mass is 10.0. The molecule has 0 spiro atoms. The van der Waals surface area contributed by atoms with E-state index >= 15 is 0 Å². The Kier molecular flexibility index (Phi) is 3.11. The molecule has 1 aliphatic heterocycles. The topological polar surface area (TPSA) is 46.2 Å². The van der Waals surface area contributed by atoms with Crippen LogP contribution in [0.15, 0.2) is 27.6 Å². The van der Waals surface area contributed by atoms with Crippen LogP contribution in [0.4, 0.5) is 0 Å². The van der Waals surface area contributed by atoms with Crippen molar-refractivity contribution in [3.63, 3.8) is 0 Å². The van der Waals surface area contributed by atoms with Gasteiger partial charge in [-0.25, -0.2) is 8.42 Å². The van der Waals surface area contributed by atoms with Crippen LogP contribution in [0.3, 0.4) is 0 Å². The summed E-state index contributed by atoms with van der Waals surface area (Å²) in [7, 11) is -1.32. The van der Waals surface area contributed by atoms with Crippen molar-refractivity contribution in [2.45, 2.75) is 29.5 Å². The molecule has 1 aliphatic rings. The molecule has 1 aromatic carbocycles. The lowest BCUT2D eigenvalue weighted by Crippen LogP contribution is -2.33. The third kappa shape index (κ3) is 1.71. The van der Waals surface area contributed by atoms with Gasteiger partial charge in [-0.3, -0.25) is 0 Å². The van der Waals surface area contributed by atoms with Gasteiger partial charge in [0.15, 0.2) is 9.84 Å². The molecular formula is C11H14BrNO2S. The van der Waals surface area contributed by atoms with Crippen LogP contribution in [0.5, 0.6) is 0 Å². The quantitative estimate of drug-likeness (QED) is 0.866. The number of fused-ring (bicyclic) bond motifs is 1. The molecule has 0 amide bonds. The van der Waals surface area contributed by atoms with E-state index in [0.29, 0.717) is 15.8 Å². The molecule has 0 aromatic heterocycles. The highest BCUT2D eigenvalue weighted by Gasteiger charge is 2.36. The third-order valence-corrected chi connectivity index (χ3v) is 6.30. The van der Waals surface area contributed by atoms with Gasteiger partial charge in [-0.15, -0.1) is 0 Å². The van der Waals surface area contributed by atoms with Crippen LogP contribution in [0, 0.1) is 0 Å². The second kappa shape index (κ2) is 4.13. The van der Waals surface area contributed by atoms with Crippen LogP contribution in [-0.2, 0) is 9.84 Å². The highest BCUT2D eigenvalue weighted by Crippen LogP contribution is 2.39. The van der Waals surface area contributed by atoms with Crippen molar-refractivity contribution in [2.75, 3.05) is 7.05 Å². The Morgan fingerprint density at radius 3 is 2.75 bits per heavy atom. The molecular weight excluding hydrogens is 290 g/mol. The predicted molar refractivity (Wildman–Crippen MR) is 67.2 cm³/mol. The van der Waals surface area contributed by atoms with Crippen LogP contribution in [-0.4, -0.2) is 20.7 Å². The summed E-state index contributed by atoms with van der Waals surface area (Å²) in [6.07, 6.45) is 0.627. The van der Waals surface area contributed by atoms with Gasteiger partial charge in [0.1, 0.15) is 0 Å². The summed E-state index contributed by atoms with van der Waals surface area (Å²) in [5.41, 5.74) is 0.870. The molecule has 2 rings (SSSR count). The van der Waals surface area contributed by atoms with Gasteiger partial charge in [0.2, 0.25) is 0 Å². The Bertz CT molecular complexity index is 513. The first kappa shape index (κ1) is 12.1. The number of nitrogens with one attached hydrogen (secondary N) is 1. The summed E-state index contributed by atoms with van der Waals surface area (Å²) in [5, 5.41) is 2.83. The van der Waals surface area contributed by atoms with Crippen LogP contribution < -0.4 is 5.32 Å². The van der Waals surface area contributed by atoms with E-state index in [-0.39, 0.29) is 11.3 Å². The van der Waals surface area contributed by atoms with E-state index in [4.69, 9.17) is 0 Å². The fourth-order valence-electron chi connectivity index (χ4n) is 2.16. The molecule has 0 radical (unpaired) electrons. The van der Waals surface area contributed by atoms with Crippen LogP contribution >= 0.6 is 15.9 Å². The molecule has 1 N–H and O–H groups in total. The molecule has 0 bridgehead atoms. The zero-order chi connectivity index (χ0) is 11.9. The molecule has 2 unspecified atom stereocenters. The number of halogens is 1. The Morgan fingerprint density at radius 2 is 2.12 bits per heavy atom. The fraction of sp³-hybridized carbons (Fsp3) is 0.455. The Hall–Kier alpha value is -0.390. The summed E-state index contributed by atoms with van der Waals surface area (Å²) in [6, 6.07) is 5.65. The average Bonchev–Trinajstić information content (AvgIpc) is 2.23. The lowest BCUT2D eigenvalue weighted by molar-refractivity contribution is 0.493. The van der Waals surface area contributed by atoms with E-state index in [0.717, 1.165) is 5.56 Å². The van der Waals surface area contributed by atoms with Crippen LogP contribution in [0.1, 0.15) is 24.9 Å². The largest absolute Gasteiger partial charge is 0.313 e. The Balaban J connectivity index is 2.73. The molecule has 16 heavy (non-hydrogen) atoms. The summed E-state index contributed by atoms with van der Waals surface area (Å²) in [4.78, 5) is 0.452. The number of hydrogen-bond acceptors (Lipinski definition) is 3. The molecule has 0 saturated carbocycles. The molecule has 0 fully saturated rings. The lowest BCUT2D eigenvalue weighted by Gasteiger charge is -2.30. The van der Waals surface area contributed by atoms with Crippen LogP contribution in [0.2, 0.25) is 0 Å². The molecule has 2 atom stereocenters. The first-order valence-corrected chi connectivity index (χ1v) is 7.52. The number of rotatable bonds is 1. The van der Waals surface area contributed by atoms with E-state index in [1.807, 2.05) is 19.2 Å². The number of hydrogen-bond donors (Lipinski definition) is 1. The fourth-order valence-corrected chi connectivity index (χ4v) is 4.95. The van der Waals surface area contributed by atoms with E-state index < -0.39 is 9.84 Å². The van der Waals surface area contributed by atoms with Crippen molar-refractivity contribution in [3.8, 4) is 0 Å². The molecule has 5 heteroatoms. The van der Waals surface area contributed by atoms with E-state index in [1.165, 1.54) is 0 Å². The first-order valence-electron chi connectivity index (χ1n) is 5.18. The third-order valence-electron chi connectivity index (χ3n) is 3.10. The predicted octanol–water partition coefficient (Wildman–Crippen LogP) is 2.28. The second-order valence-corrected chi connectivity index (χ2v) is 7.25. The Morgan fingerprint density at radius 1 is 1.44 bits per heavy atom. The maximum absolute atomic E-state index is 12.2. The average molecular weight is 304 g/mol. The second-order valence-electron chi connectivity index (χ2n) is 4.09. The highest BCUT2D eigenvalue weighted by atomic mass is 79.9. The van der Waals surface area contributed by atoms with Gasteiger partial charge < -0.3 is 5.32 Å². The molecule has 3 nitrogen and oxygen atoms in total. The summed E-state index contributed by atoms with van der Waals surface area (Å²) in [5.74, 6) is 0. The SMILES string of the molecule is CNC1CC(C)S(=O)(=O)c2c(Br)cccc21. The number of benzene rings is 1. The van der Waals surface area contributed by atoms with Gasteiger partial charge in [0, 0.05) is 10.5 Å². The first-order chi connectivity index (χ1) is 7.48. The normalized spacial score (nSPS) is 27.4. The monoisotopic (exact) mass is 303 g/mol. The van der Waals surface area contributed by atoms with Crippen molar-refractivity contribution >= 4 is 25.8 Å². The van der Waals surface area contributed by atoms with Crippen molar-refractivity contribution in [1.29, 1.82) is 0 Å². The molecule has 0 aliphatic carbocycles. The standard InChI is InChI=1S/C11H14BrNO2S/c1-7-6-10(13-2)8-4-3-5-9(12)11(8)16(7,14)15/h3-5,7,10,13H,6H2,1-2H3. The molecule has 0 saturated heterocycles. The number of sulfone groups is 1. The zero-order valence-corrected chi connectivity index (χ0v) is 11.6. The van der Waals surface area contributed by atoms with E-state index in [1.54, 1.807) is 13.0 Å². The van der Waals surface area contributed by atoms with Gasteiger partial charge >= 0.3 is 0 Å². The van der Waals surface area contributed by atoms with E-state index in [2.05, 4.69) is 21.2 Å². The van der Waals surface area contributed by atoms with Gasteiger partial charge in [0.05, 0.1) is 10.1 Å². The maximum atomic E-state index is 12.2. The summed E-state index contributed by atoms with van der Waals surface area (Å²) >= 11 is 3.33. The minimum absolute atomic E-state index is 0.117. The smallest absolute Gasteiger partial charge is 0.182 e. The van der Waals surface area contributed by atoms with Crippen molar-refractivity contribution in [1.82, 2.24) is 5.32 Å². The summed E-state index contributed by atoms with van der Waals surface area (Å²) in [6.45, 7) is 1.77. The van der Waals surface area contributed by atoms with Gasteiger partial charge in [-0.1, -0.05) is 12.1 Å². The van der Waals surface area contributed by atoms with Crippen molar-refractivity contribution < 1.29 is 8.42 Å². The Labute approximate surface area is 104 Å². The van der Waals surface area contributed by atoms with Gasteiger partial charge in [-0.05, 0) is 48.0 Å². The molecule has 88 valence electrons. The molecule has 1 heterocycles. The minimum atomic E-state index is -3.18. The van der Waals surface area contributed by atoms with Crippen molar-refractivity contribution in [2.24, 2.45) is 0 Å². The van der Waals surface area contributed by atoms with Crippen LogP contribution in [0.25, 0.3) is 0 Å². The van der Waals surface area contributed by atoms with Crippen molar-refractivity contribution in [3.05, 3.63) is 28.2 Å². The molecule has 1 aromatic rings.